The highest BCUT2D eigenvalue weighted by molar-refractivity contribution is 5.35. The molecule has 0 radical (unpaired) electrons. The molecule has 2 heterocycles. The van der Waals surface area contributed by atoms with Crippen LogP contribution < -0.4 is 5.73 Å². The van der Waals surface area contributed by atoms with Gasteiger partial charge >= 0.3 is 0 Å². The molecule has 3 rings (SSSR count). The van der Waals surface area contributed by atoms with E-state index in [2.05, 4.69) is 53.2 Å². The Morgan fingerprint density at radius 1 is 1.14 bits per heavy atom. The van der Waals surface area contributed by atoms with Gasteiger partial charge in [0, 0.05) is 18.3 Å². The van der Waals surface area contributed by atoms with E-state index < -0.39 is 0 Å². The van der Waals surface area contributed by atoms with E-state index in [0.717, 1.165) is 18.8 Å². The lowest BCUT2D eigenvalue weighted by Crippen LogP contribution is -2.33. The van der Waals surface area contributed by atoms with Gasteiger partial charge in [-0.3, -0.25) is 4.90 Å². The molecule has 110 valence electrons. The molecule has 1 aromatic heterocycles. The summed E-state index contributed by atoms with van der Waals surface area (Å²) in [6.45, 7) is 4.24. The maximum atomic E-state index is 5.79. The van der Waals surface area contributed by atoms with Crippen molar-refractivity contribution < 1.29 is 0 Å². The van der Waals surface area contributed by atoms with Crippen LogP contribution in [0, 0.1) is 6.92 Å². The summed E-state index contributed by atoms with van der Waals surface area (Å²) >= 11 is 0. The molecule has 1 saturated heterocycles. The van der Waals surface area contributed by atoms with E-state index in [9.17, 15) is 0 Å². The maximum absolute atomic E-state index is 5.79. The molecule has 21 heavy (non-hydrogen) atoms. The van der Waals surface area contributed by atoms with Crippen molar-refractivity contribution in [3.05, 3.63) is 59.3 Å². The van der Waals surface area contributed by atoms with Crippen LogP contribution >= 0.6 is 0 Å². The second-order valence-corrected chi connectivity index (χ2v) is 5.88. The Bertz CT molecular complexity index is 595. The first kappa shape index (κ1) is 14.1. The number of nitrogen functional groups attached to an aromatic ring is 1. The smallest absolute Gasteiger partial charge is 0.123 e. The minimum Gasteiger partial charge on any atom is -0.384 e. The molecule has 1 fully saturated rings. The van der Waals surface area contributed by atoms with E-state index in [-0.39, 0.29) is 0 Å². The van der Waals surface area contributed by atoms with Gasteiger partial charge in [-0.1, -0.05) is 42.8 Å². The monoisotopic (exact) mass is 281 g/mol. The van der Waals surface area contributed by atoms with Crippen LogP contribution in [0.25, 0.3) is 0 Å². The van der Waals surface area contributed by atoms with Crippen LogP contribution in [0.15, 0.2) is 42.5 Å². The van der Waals surface area contributed by atoms with Crippen molar-refractivity contribution in [2.45, 2.75) is 38.8 Å². The normalized spacial score (nSPS) is 19.6. The third kappa shape index (κ3) is 3.24. The topological polar surface area (TPSA) is 42.1 Å². The van der Waals surface area contributed by atoms with Crippen molar-refractivity contribution >= 4 is 5.82 Å². The van der Waals surface area contributed by atoms with Crippen LogP contribution in [0.5, 0.6) is 0 Å². The molecule has 2 N–H and O–H groups in total. The second-order valence-electron chi connectivity index (χ2n) is 5.88. The van der Waals surface area contributed by atoms with Crippen LogP contribution in [-0.2, 0) is 6.54 Å². The Balaban J connectivity index is 1.84. The van der Waals surface area contributed by atoms with Gasteiger partial charge in [0.1, 0.15) is 5.82 Å². The quantitative estimate of drug-likeness (QED) is 0.932. The zero-order valence-corrected chi connectivity index (χ0v) is 12.6. The summed E-state index contributed by atoms with van der Waals surface area (Å²) < 4.78 is 0. The van der Waals surface area contributed by atoms with E-state index in [4.69, 9.17) is 5.73 Å². The fraction of sp³-hybridized carbons (Fsp3) is 0.389. The highest BCUT2D eigenvalue weighted by Crippen LogP contribution is 2.33. The fourth-order valence-corrected chi connectivity index (χ4v) is 3.29. The predicted octanol–water partition coefficient (Wildman–Crippen LogP) is 3.70. The minimum absolute atomic E-state index is 0.465. The molecular weight excluding hydrogens is 258 g/mol. The average Bonchev–Trinajstić information content (AvgIpc) is 2.49. The van der Waals surface area contributed by atoms with Crippen LogP contribution in [0.1, 0.15) is 42.1 Å². The standard InChI is InChI=1S/C18H23N3/c1-14-16(10-11-18(19)20-14)17-9-5-6-12-21(17)13-15-7-3-2-4-8-15/h2-4,7-8,10-11,17H,5-6,9,12-13H2,1H3,(H2,19,20). The third-order valence-corrected chi connectivity index (χ3v) is 4.35. The number of hydrogen-bond donors (Lipinski definition) is 1. The van der Waals surface area contributed by atoms with Gasteiger partial charge in [-0.15, -0.1) is 0 Å². The minimum atomic E-state index is 0.465. The zero-order chi connectivity index (χ0) is 14.7. The van der Waals surface area contributed by atoms with Gasteiger partial charge in [-0.05, 0) is 43.5 Å². The lowest BCUT2D eigenvalue weighted by molar-refractivity contribution is 0.139. The first-order chi connectivity index (χ1) is 10.2. The summed E-state index contributed by atoms with van der Waals surface area (Å²) in [5.74, 6) is 0.613. The molecule has 1 aromatic carbocycles. The van der Waals surface area contributed by atoms with Crippen molar-refractivity contribution in [3.8, 4) is 0 Å². The summed E-state index contributed by atoms with van der Waals surface area (Å²) in [5.41, 5.74) is 9.57. The lowest BCUT2D eigenvalue weighted by atomic mass is 9.93. The number of aryl methyl sites for hydroxylation is 1. The van der Waals surface area contributed by atoms with Gasteiger partial charge in [-0.2, -0.15) is 0 Å². The largest absolute Gasteiger partial charge is 0.384 e. The van der Waals surface area contributed by atoms with E-state index in [0.29, 0.717) is 11.9 Å². The number of benzene rings is 1. The van der Waals surface area contributed by atoms with Gasteiger partial charge in [0.15, 0.2) is 0 Å². The number of likely N-dealkylation sites (tertiary alicyclic amines) is 1. The Morgan fingerprint density at radius 2 is 1.95 bits per heavy atom. The number of aromatic nitrogens is 1. The van der Waals surface area contributed by atoms with E-state index >= 15 is 0 Å². The molecule has 0 saturated carbocycles. The highest BCUT2D eigenvalue weighted by atomic mass is 15.2. The van der Waals surface area contributed by atoms with E-state index in [1.165, 1.54) is 30.4 Å². The number of nitrogens with two attached hydrogens (primary N) is 1. The molecule has 0 bridgehead atoms. The van der Waals surface area contributed by atoms with Crippen LogP contribution in [0.2, 0.25) is 0 Å². The van der Waals surface area contributed by atoms with Gasteiger partial charge in [0.2, 0.25) is 0 Å². The van der Waals surface area contributed by atoms with Gasteiger partial charge in [0.05, 0.1) is 0 Å². The molecule has 1 atom stereocenters. The number of hydrogen-bond acceptors (Lipinski definition) is 3. The van der Waals surface area contributed by atoms with Crippen molar-refractivity contribution in [2.24, 2.45) is 0 Å². The van der Waals surface area contributed by atoms with Gasteiger partial charge in [-0.25, -0.2) is 4.98 Å². The molecule has 3 nitrogen and oxygen atoms in total. The lowest BCUT2D eigenvalue weighted by Gasteiger charge is -2.36. The summed E-state index contributed by atoms with van der Waals surface area (Å²) in [6.07, 6.45) is 3.78. The fourth-order valence-electron chi connectivity index (χ4n) is 3.29. The number of nitrogens with zero attached hydrogens (tertiary/aromatic N) is 2. The Labute approximate surface area is 126 Å². The molecule has 0 amide bonds. The summed E-state index contributed by atoms with van der Waals surface area (Å²) in [5, 5.41) is 0. The molecule has 0 spiro atoms. The summed E-state index contributed by atoms with van der Waals surface area (Å²) in [6, 6.07) is 15.3. The maximum Gasteiger partial charge on any atom is 0.123 e. The van der Waals surface area contributed by atoms with E-state index in [1.807, 2.05) is 6.07 Å². The van der Waals surface area contributed by atoms with Crippen molar-refractivity contribution in [1.82, 2.24) is 9.88 Å². The molecule has 1 unspecified atom stereocenters. The van der Waals surface area contributed by atoms with Crippen LogP contribution in [-0.4, -0.2) is 16.4 Å². The molecular formula is C18H23N3. The molecule has 3 heteroatoms. The predicted molar refractivity (Wildman–Crippen MR) is 86.8 cm³/mol. The zero-order valence-electron chi connectivity index (χ0n) is 12.6. The van der Waals surface area contributed by atoms with Gasteiger partial charge < -0.3 is 5.73 Å². The molecule has 1 aliphatic heterocycles. The molecule has 0 aliphatic carbocycles. The summed E-state index contributed by atoms with van der Waals surface area (Å²) in [7, 11) is 0. The molecule has 2 aromatic rings. The number of piperidine rings is 1. The van der Waals surface area contributed by atoms with Crippen molar-refractivity contribution in [1.29, 1.82) is 0 Å². The number of rotatable bonds is 3. The number of anilines is 1. The van der Waals surface area contributed by atoms with Crippen LogP contribution in [0.3, 0.4) is 0 Å². The van der Waals surface area contributed by atoms with E-state index in [1.54, 1.807) is 0 Å². The first-order valence-electron chi connectivity index (χ1n) is 7.75. The second kappa shape index (κ2) is 6.27. The Hall–Kier alpha value is -1.87. The Kier molecular flexibility index (Phi) is 4.20. The van der Waals surface area contributed by atoms with Crippen molar-refractivity contribution in [3.63, 3.8) is 0 Å². The highest BCUT2D eigenvalue weighted by Gasteiger charge is 2.25. The SMILES string of the molecule is Cc1nc(N)ccc1C1CCCCN1Cc1ccccc1. The van der Waals surface area contributed by atoms with Gasteiger partial charge in [0.25, 0.3) is 0 Å². The Morgan fingerprint density at radius 3 is 2.71 bits per heavy atom. The third-order valence-electron chi connectivity index (χ3n) is 4.35. The summed E-state index contributed by atoms with van der Waals surface area (Å²) in [4.78, 5) is 7.02. The van der Waals surface area contributed by atoms with Crippen LogP contribution in [0.4, 0.5) is 5.82 Å². The first-order valence-corrected chi connectivity index (χ1v) is 7.75. The van der Waals surface area contributed by atoms with Crippen molar-refractivity contribution in [2.75, 3.05) is 12.3 Å². The molecule has 1 aliphatic rings. The average molecular weight is 281 g/mol. The number of pyridine rings is 1.